The van der Waals surface area contributed by atoms with E-state index >= 15 is 0 Å². The minimum absolute atomic E-state index is 0.128. The minimum Gasteiger partial charge on any atom is -0.494 e. The Morgan fingerprint density at radius 2 is 1.89 bits per heavy atom. The number of benzene rings is 1. The first-order valence-corrected chi connectivity index (χ1v) is 10.4. The summed E-state index contributed by atoms with van der Waals surface area (Å²) in [6.45, 7) is 7.74. The third kappa shape index (κ3) is 6.13. The lowest BCUT2D eigenvalue weighted by atomic mass is 9.77. The highest BCUT2D eigenvalue weighted by Gasteiger charge is 2.31. The molecule has 1 aliphatic heterocycles. The third-order valence-electron chi connectivity index (χ3n) is 5.66. The van der Waals surface area contributed by atoms with Crippen LogP contribution in [-0.2, 0) is 9.47 Å². The van der Waals surface area contributed by atoms with Crippen LogP contribution in [0, 0.1) is 23.7 Å². The largest absolute Gasteiger partial charge is 0.494 e. The predicted molar refractivity (Wildman–Crippen MR) is 109 cm³/mol. The van der Waals surface area contributed by atoms with Crippen LogP contribution in [-0.4, -0.2) is 32.0 Å². The molecule has 1 aromatic rings. The van der Waals surface area contributed by atoms with Gasteiger partial charge in [0.05, 0.1) is 25.9 Å². The summed E-state index contributed by atoms with van der Waals surface area (Å²) in [6.07, 6.45) is 9.76. The zero-order valence-corrected chi connectivity index (χ0v) is 16.5. The van der Waals surface area contributed by atoms with Crippen LogP contribution in [0.3, 0.4) is 0 Å². The Kier molecular flexibility index (Phi) is 7.80. The molecule has 0 aromatic heterocycles. The molecule has 0 N–H and O–H groups in total. The number of hydrogen-bond donors (Lipinski definition) is 0. The van der Waals surface area contributed by atoms with Crippen molar-refractivity contribution in [1.29, 1.82) is 0 Å². The number of ether oxygens (including phenoxy) is 3. The number of hydrogen-bond acceptors (Lipinski definition) is 3. The monoisotopic (exact) mass is 368 g/mol. The molecule has 0 spiro atoms. The highest BCUT2D eigenvalue weighted by molar-refractivity contribution is 5.38. The molecule has 0 radical (unpaired) electrons. The van der Waals surface area contributed by atoms with E-state index in [1.807, 2.05) is 37.3 Å². The average molecular weight is 369 g/mol. The van der Waals surface area contributed by atoms with Gasteiger partial charge in [0, 0.05) is 5.56 Å². The predicted octanol–water partition coefficient (Wildman–Crippen LogP) is 4.99. The van der Waals surface area contributed by atoms with Crippen LogP contribution in [0.2, 0.25) is 0 Å². The topological polar surface area (TPSA) is 27.7 Å². The van der Waals surface area contributed by atoms with E-state index in [9.17, 15) is 0 Å². The van der Waals surface area contributed by atoms with Gasteiger partial charge in [0.1, 0.15) is 11.9 Å². The smallest absolute Gasteiger partial charge is 0.141 e. The van der Waals surface area contributed by atoms with E-state index in [4.69, 9.17) is 14.2 Å². The Morgan fingerprint density at radius 3 is 2.52 bits per heavy atom. The maximum atomic E-state index is 6.12. The van der Waals surface area contributed by atoms with Gasteiger partial charge in [0.15, 0.2) is 0 Å². The first-order valence-electron chi connectivity index (χ1n) is 10.4. The quantitative estimate of drug-likeness (QED) is 0.523. The molecule has 0 unspecified atom stereocenters. The van der Waals surface area contributed by atoms with E-state index in [-0.39, 0.29) is 12.2 Å². The van der Waals surface area contributed by atoms with Gasteiger partial charge in [-0.05, 0) is 68.7 Å². The lowest BCUT2D eigenvalue weighted by Gasteiger charge is -2.36. The molecule has 1 aromatic carbocycles. The molecule has 3 nitrogen and oxygen atoms in total. The van der Waals surface area contributed by atoms with E-state index in [2.05, 4.69) is 18.4 Å². The Morgan fingerprint density at radius 1 is 1.11 bits per heavy atom. The fraction of sp³-hybridized carbons (Fsp3) is 0.583. The highest BCUT2D eigenvalue weighted by Crippen LogP contribution is 2.35. The van der Waals surface area contributed by atoms with Crippen molar-refractivity contribution in [3.05, 3.63) is 42.5 Å². The van der Waals surface area contributed by atoms with Crippen molar-refractivity contribution in [1.82, 2.24) is 0 Å². The van der Waals surface area contributed by atoms with Crippen molar-refractivity contribution in [2.24, 2.45) is 11.8 Å². The van der Waals surface area contributed by atoms with Crippen molar-refractivity contribution in [2.45, 2.75) is 57.7 Å². The molecule has 2 aliphatic rings. The summed E-state index contributed by atoms with van der Waals surface area (Å²) in [6, 6.07) is 7.87. The highest BCUT2D eigenvalue weighted by atomic mass is 16.6. The first-order chi connectivity index (χ1) is 13.3. The van der Waals surface area contributed by atoms with E-state index in [0.717, 1.165) is 23.7 Å². The van der Waals surface area contributed by atoms with E-state index < -0.39 is 0 Å². The molecule has 1 aliphatic carbocycles. The van der Waals surface area contributed by atoms with Gasteiger partial charge in [-0.25, -0.2) is 0 Å². The molecule has 0 bridgehead atoms. The molecule has 1 heterocycles. The van der Waals surface area contributed by atoms with E-state index in [0.29, 0.717) is 25.7 Å². The Labute approximate surface area is 164 Å². The van der Waals surface area contributed by atoms with Gasteiger partial charge < -0.3 is 14.2 Å². The Hall–Kier alpha value is -1.76. The van der Waals surface area contributed by atoms with E-state index in [1.54, 1.807) is 0 Å². The lowest BCUT2D eigenvalue weighted by Crippen LogP contribution is -2.40. The summed E-state index contributed by atoms with van der Waals surface area (Å²) >= 11 is 0. The molecule has 3 heteroatoms. The molecule has 2 atom stereocenters. The van der Waals surface area contributed by atoms with Crippen LogP contribution >= 0.6 is 0 Å². The van der Waals surface area contributed by atoms with Crippen LogP contribution in [0.1, 0.15) is 51.0 Å². The second kappa shape index (κ2) is 10.5. The maximum absolute atomic E-state index is 6.12. The fourth-order valence-electron chi connectivity index (χ4n) is 4.04. The Balaban J connectivity index is 1.41. The lowest BCUT2D eigenvalue weighted by molar-refractivity contribution is -0.138. The van der Waals surface area contributed by atoms with Crippen molar-refractivity contribution in [3.63, 3.8) is 0 Å². The fourth-order valence-corrected chi connectivity index (χ4v) is 4.04. The Bertz CT molecular complexity index is 624. The zero-order valence-electron chi connectivity index (χ0n) is 16.5. The molecule has 146 valence electrons. The third-order valence-corrected chi connectivity index (χ3v) is 5.66. The summed E-state index contributed by atoms with van der Waals surface area (Å²) in [5.74, 6) is 8.77. The molecule has 0 amide bonds. The van der Waals surface area contributed by atoms with Crippen molar-refractivity contribution in [2.75, 3.05) is 19.8 Å². The molecule has 1 saturated heterocycles. The summed E-state index contributed by atoms with van der Waals surface area (Å²) in [5, 5.41) is 0. The van der Waals surface area contributed by atoms with Gasteiger partial charge in [-0.3, -0.25) is 0 Å². The van der Waals surface area contributed by atoms with Crippen molar-refractivity contribution < 1.29 is 14.2 Å². The van der Waals surface area contributed by atoms with Gasteiger partial charge in [-0.1, -0.05) is 30.8 Å². The second-order valence-corrected chi connectivity index (χ2v) is 7.57. The van der Waals surface area contributed by atoms with Gasteiger partial charge in [-0.15, -0.1) is 6.58 Å². The normalized spacial score (nSPS) is 28.0. The summed E-state index contributed by atoms with van der Waals surface area (Å²) in [4.78, 5) is 0. The van der Waals surface area contributed by atoms with E-state index in [1.165, 1.54) is 32.1 Å². The van der Waals surface area contributed by atoms with Crippen LogP contribution in [0.5, 0.6) is 5.75 Å². The van der Waals surface area contributed by atoms with Gasteiger partial charge in [-0.2, -0.15) is 0 Å². The maximum Gasteiger partial charge on any atom is 0.141 e. The number of rotatable bonds is 6. The minimum atomic E-state index is -0.128. The first kappa shape index (κ1) is 20.0. The van der Waals surface area contributed by atoms with Gasteiger partial charge in [0.25, 0.3) is 0 Å². The summed E-state index contributed by atoms with van der Waals surface area (Å²) in [7, 11) is 0. The molecule has 1 saturated carbocycles. The van der Waals surface area contributed by atoms with Crippen LogP contribution in [0.25, 0.3) is 0 Å². The molecular weight excluding hydrogens is 336 g/mol. The average Bonchev–Trinajstić information content (AvgIpc) is 2.73. The number of allylic oxidation sites excluding steroid dienone is 1. The van der Waals surface area contributed by atoms with Crippen molar-refractivity contribution in [3.8, 4) is 17.6 Å². The summed E-state index contributed by atoms with van der Waals surface area (Å²) < 4.78 is 17.6. The van der Waals surface area contributed by atoms with Crippen LogP contribution in [0.15, 0.2) is 36.9 Å². The molecule has 27 heavy (non-hydrogen) atoms. The molecular formula is C24H32O3. The van der Waals surface area contributed by atoms with Crippen LogP contribution in [0.4, 0.5) is 0 Å². The molecule has 2 fully saturated rings. The molecule has 3 rings (SSSR count). The van der Waals surface area contributed by atoms with Gasteiger partial charge >= 0.3 is 0 Å². The summed E-state index contributed by atoms with van der Waals surface area (Å²) in [5.41, 5.74) is 0.974. The SMILES string of the molecule is C=CCCC1CCC([C@@H]2CO[C@@H](C#Cc3ccc(OCC)cc3)CO2)CC1. The standard InChI is InChI=1S/C24H32O3/c1-3-5-6-19-7-12-21(13-8-19)24-18-26-23(17-27-24)16-11-20-9-14-22(15-10-20)25-4-2/h3,9-10,14-15,19,21,23-24H,1,4-8,12-13,17-18H2,2H3/t19?,21?,23-,24-/m0/s1. The van der Waals surface area contributed by atoms with Crippen molar-refractivity contribution >= 4 is 0 Å². The second-order valence-electron chi connectivity index (χ2n) is 7.57. The van der Waals surface area contributed by atoms with Crippen LogP contribution < -0.4 is 4.74 Å². The zero-order chi connectivity index (χ0) is 18.9. The van der Waals surface area contributed by atoms with Gasteiger partial charge in [0.2, 0.25) is 0 Å².